The first-order chi connectivity index (χ1) is 32.0. The maximum absolute atomic E-state index is 2.57. The molecule has 14 rings (SSSR count). The molecule has 0 fully saturated rings. The molecule has 1 nitrogen and oxygen atoms in total. The number of nitrogens with zero attached hydrogens (tertiary/aromatic N) is 1. The highest BCUT2D eigenvalue weighted by molar-refractivity contribution is 6.26. The van der Waals surface area contributed by atoms with E-state index in [0.29, 0.717) is 0 Å². The van der Waals surface area contributed by atoms with Crippen LogP contribution in [0.15, 0.2) is 224 Å². The molecular formula is C64H43N. The molecule has 1 heteroatoms. The van der Waals surface area contributed by atoms with E-state index in [1.54, 1.807) is 0 Å². The Kier molecular flexibility index (Phi) is 7.45. The maximum atomic E-state index is 2.57. The van der Waals surface area contributed by atoms with Crippen LogP contribution in [-0.2, 0) is 10.8 Å². The van der Waals surface area contributed by atoms with Crippen LogP contribution in [0.3, 0.4) is 0 Å². The summed E-state index contributed by atoms with van der Waals surface area (Å²) in [6, 6.07) is 84.6. The second kappa shape index (κ2) is 13.3. The normalized spacial score (nSPS) is 15.7. The summed E-state index contributed by atoms with van der Waals surface area (Å²) in [6.45, 7) is 4.76. The molecule has 0 N–H and O–H groups in total. The summed E-state index contributed by atoms with van der Waals surface area (Å²) in [5, 5.41) is 7.79. The molecule has 0 heterocycles. The zero-order valence-electron chi connectivity index (χ0n) is 36.3. The maximum Gasteiger partial charge on any atom is 0.0726 e. The van der Waals surface area contributed by atoms with E-state index in [-0.39, 0.29) is 5.41 Å². The molecule has 3 aliphatic rings. The fourth-order valence-corrected chi connectivity index (χ4v) is 12.4. The molecule has 0 bridgehead atoms. The third-order valence-electron chi connectivity index (χ3n) is 15.3. The molecule has 1 atom stereocenters. The molecule has 304 valence electrons. The Morgan fingerprint density at radius 3 is 1.48 bits per heavy atom. The van der Waals surface area contributed by atoms with E-state index in [1.165, 1.54) is 116 Å². The van der Waals surface area contributed by atoms with Crippen molar-refractivity contribution in [2.75, 3.05) is 4.90 Å². The largest absolute Gasteiger partial charge is 0.310 e. The van der Waals surface area contributed by atoms with Gasteiger partial charge in [-0.05, 0) is 147 Å². The molecule has 0 saturated heterocycles. The Labute approximate surface area is 379 Å². The van der Waals surface area contributed by atoms with Crippen molar-refractivity contribution in [1.82, 2.24) is 0 Å². The van der Waals surface area contributed by atoms with Gasteiger partial charge < -0.3 is 4.90 Å². The Bertz CT molecular complexity index is 3800. The van der Waals surface area contributed by atoms with Crippen molar-refractivity contribution in [3.63, 3.8) is 0 Å². The van der Waals surface area contributed by atoms with Crippen LogP contribution >= 0.6 is 0 Å². The van der Waals surface area contributed by atoms with Crippen LogP contribution in [0.25, 0.3) is 76.8 Å². The van der Waals surface area contributed by atoms with Gasteiger partial charge in [-0.3, -0.25) is 0 Å². The second-order valence-electron chi connectivity index (χ2n) is 18.7. The lowest BCUT2D eigenvalue weighted by Crippen LogP contribution is -2.26. The van der Waals surface area contributed by atoms with Crippen LogP contribution in [0.2, 0.25) is 0 Å². The average Bonchev–Trinajstić information content (AvgIpc) is 3.92. The van der Waals surface area contributed by atoms with E-state index in [1.807, 2.05) is 0 Å². The van der Waals surface area contributed by atoms with Gasteiger partial charge in [0.1, 0.15) is 0 Å². The van der Waals surface area contributed by atoms with E-state index in [2.05, 4.69) is 243 Å². The zero-order valence-corrected chi connectivity index (χ0v) is 36.3. The topological polar surface area (TPSA) is 3.24 Å². The van der Waals surface area contributed by atoms with Gasteiger partial charge in [0.25, 0.3) is 0 Å². The number of anilines is 3. The Morgan fingerprint density at radius 2 is 0.785 bits per heavy atom. The van der Waals surface area contributed by atoms with Gasteiger partial charge in [0.15, 0.2) is 0 Å². The van der Waals surface area contributed by atoms with Crippen LogP contribution < -0.4 is 4.90 Å². The van der Waals surface area contributed by atoms with Crippen LogP contribution in [0.5, 0.6) is 0 Å². The van der Waals surface area contributed by atoms with Crippen LogP contribution in [0.4, 0.5) is 17.1 Å². The predicted octanol–water partition coefficient (Wildman–Crippen LogP) is 16.9. The average molecular weight is 826 g/mol. The second-order valence-corrected chi connectivity index (χ2v) is 18.7. The summed E-state index contributed by atoms with van der Waals surface area (Å²) >= 11 is 0. The van der Waals surface area contributed by atoms with E-state index in [9.17, 15) is 0 Å². The smallest absolute Gasteiger partial charge is 0.0726 e. The van der Waals surface area contributed by atoms with Gasteiger partial charge in [0.05, 0.1) is 11.1 Å². The quantitative estimate of drug-likeness (QED) is 0.160. The number of rotatable bonds is 4. The lowest BCUT2D eigenvalue weighted by atomic mass is 9.70. The van der Waals surface area contributed by atoms with E-state index >= 15 is 0 Å². The van der Waals surface area contributed by atoms with Gasteiger partial charge in [-0.25, -0.2) is 0 Å². The van der Waals surface area contributed by atoms with Crippen molar-refractivity contribution >= 4 is 49.4 Å². The van der Waals surface area contributed by atoms with Crippen molar-refractivity contribution in [2.45, 2.75) is 24.7 Å². The van der Waals surface area contributed by atoms with Crippen LogP contribution in [0, 0.1) is 0 Å². The summed E-state index contributed by atoms with van der Waals surface area (Å²) < 4.78 is 0. The standard InChI is InChI=1S/C64H43N/c1-63(2)55-26-13-10-23-48(55)50-36-35-43(37-59(50)63)65(42-33-31-41(32-34-42)40-17-4-3-5-18-40)61-30-16-29-58-62(61)51-25-12-15-28-57(51)64(58)56-27-14-11-24-49(56)54-38-52-46-21-8-6-19-44(46)45-20-7-9-22-47(45)53(52)39-60(54)64/h3-39H,1-2H3. The van der Waals surface area contributed by atoms with Crippen molar-refractivity contribution in [2.24, 2.45) is 0 Å². The Balaban J connectivity index is 1.06. The molecule has 65 heavy (non-hydrogen) atoms. The minimum absolute atomic E-state index is 0.143. The van der Waals surface area contributed by atoms with Crippen LogP contribution in [0.1, 0.15) is 47.2 Å². The molecule has 11 aromatic rings. The highest BCUT2D eigenvalue weighted by atomic mass is 15.1. The van der Waals surface area contributed by atoms with Crippen molar-refractivity contribution in [3.05, 3.63) is 258 Å². The number of fused-ring (bicyclic) bond motifs is 19. The monoisotopic (exact) mass is 825 g/mol. The van der Waals surface area contributed by atoms with Crippen molar-refractivity contribution in [1.29, 1.82) is 0 Å². The fourth-order valence-electron chi connectivity index (χ4n) is 12.4. The molecule has 1 spiro atoms. The first-order valence-corrected chi connectivity index (χ1v) is 22.9. The number of hydrogen-bond donors (Lipinski definition) is 0. The Morgan fingerprint density at radius 1 is 0.292 bits per heavy atom. The number of hydrogen-bond acceptors (Lipinski definition) is 1. The third kappa shape index (κ3) is 4.82. The molecule has 0 radical (unpaired) electrons. The molecule has 0 amide bonds. The van der Waals surface area contributed by atoms with Crippen molar-refractivity contribution in [3.8, 4) is 44.5 Å². The highest BCUT2D eigenvalue weighted by Crippen LogP contribution is 2.65. The molecule has 1 unspecified atom stereocenters. The first kappa shape index (κ1) is 36.5. The lowest BCUT2D eigenvalue weighted by molar-refractivity contribution is 0.660. The number of benzene rings is 11. The van der Waals surface area contributed by atoms with E-state index in [0.717, 1.165) is 11.4 Å². The summed E-state index contributed by atoms with van der Waals surface area (Å²) in [7, 11) is 0. The minimum atomic E-state index is -0.529. The Hall–Kier alpha value is -8.00. The third-order valence-corrected chi connectivity index (χ3v) is 15.3. The predicted molar refractivity (Wildman–Crippen MR) is 273 cm³/mol. The van der Waals surface area contributed by atoms with Crippen LogP contribution in [-0.4, -0.2) is 0 Å². The minimum Gasteiger partial charge on any atom is -0.310 e. The van der Waals surface area contributed by atoms with Gasteiger partial charge >= 0.3 is 0 Å². The zero-order chi connectivity index (χ0) is 43.0. The fraction of sp³-hybridized carbons (Fsp3) is 0.0625. The summed E-state index contributed by atoms with van der Waals surface area (Å²) in [4.78, 5) is 2.53. The van der Waals surface area contributed by atoms with Gasteiger partial charge in [-0.2, -0.15) is 0 Å². The van der Waals surface area contributed by atoms with E-state index in [4.69, 9.17) is 0 Å². The van der Waals surface area contributed by atoms with E-state index < -0.39 is 5.41 Å². The molecule has 11 aromatic carbocycles. The lowest BCUT2D eigenvalue weighted by Gasteiger charge is -2.32. The molecule has 0 aliphatic heterocycles. The van der Waals surface area contributed by atoms with Gasteiger partial charge in [-0.1, -0.05) is 196 Å². The molecule has 0 saturated carbocycles. The van der Waals surface area contributed by atoms with Gasteiger partial charge in [0.2, 0.25) is 0 Å². The molecular weight excluding hydrogens is 783 g/mol. The van der Waals surface area contributed by atoms with Gasteiger partial charge in [-0.15, -0.1) is 0 Å². The molecule has 0 aromatic heterocycles. The summed E-state index contributed by atoms with van der Waals surface area (Å²) in [6.07, 6.45) is 0. The first-order valence-electron chi connectivity index (χ1n) is 22.9. The highest BCUT2D eigenvalue weighted by Gasteiger charge is 2.52. The SMILES string of the molecule is CC1(C)c2ccccc2-c2ccc(N(c3ccc(-c4ccccc4)cc3)c3cccc4c3-c3ccccc3C43c4ccccc4-c4cc5c6ccccc6c6ccccc6c5cc43)cc21. The summed E-state index contributed by atoms with van der Waals surface area (Å²) in [5.41, 5.74) is 21.1. The molecule has 3 aliphatic carbocycles. The summed E-state index contributed by atoms with van der Waals surface area (Å²) in [5.74, 6) is 0. The van der Waals surface area contributed by atoms with Crippen molar-refractivity contribution < 1.29 is 0 Å². The van der Waals surface area contributed by atoms with Gasteiger partial charge in [0, 0.05) is 22.4 Å².